The average Bonchev–Trinajstić information content (AvgIpc) is 3.08. The number of anilines is 2. The van der Waals surface area contributed by atoms with Crippen molar-refractivity contribution in [1.82, 2.24) is 9.78 Å². The first-order valence-corrected chi connectivity index (χ1v) is 8.96. The molecule has 0 radical (unpaired) electrons. The summed E-state index contributed by atoms with van der Waals surface area (Å²) in [7, 11) is 0. The van der Waals surface area contributed by atoms with Gasteiger partial charge in [0, 0.05) is 10.9 Å². The number of carboxylic acid groups (broad SMARTS) is 1. The zero-order chi connectivity index (χ0) is 20.4. The molecule has 0 aliphatic carbocycles. The van der Waals surface area contributed by atoms with E-state index in [1.807, 2.05) is 6.07 Å². The molecule has 0 saturated carbocycles. The number of nitrogens with zero attached hydrogens (tertiary/aromatic N) is 2. The van der Waals surface area contributed by atoms with Gasteiger partial charge in [0.05, 0.1) is 23.4 Å². The summed E-state index contributed by atoms with van der Waals surface area (Å²) in [4.78, 5) is 24.1. The summed E-state index contributed by atoms with van der Waals surface area (Å²) >= 11 is 0. The summed E-state index contributed by atoms with van der Waals surface area (Å²) in [5.74, 6) is -1.30. The van der Waals surface area contributed by atoms with Crippen LogP contribution in [0.5, 0.6) is 0 Å². The number of para-hydroxylation sites is 2. The number of hydrogen-bond donors (Lipinski definition) is 3. The summed E-state index contributed by atoms with van der Waals surface area (Å²) in [5, 5.41) is 17.4. The molecule has 4 aromatic rings. The predicted molar refractivity (Wildman–Crippen MR) is 111 cm³/mol. The molecule has 0 bridgehead atoms. The van der Waals surface area contributed by atoms with Gasteiger partial charge in [-0.3, -0.25) is 9.48 Å². The lowest BCUT2D eigenvalue weighted by Crippen LogP contribution is -2.14. The van der Waals surface area contributed by atoms with Gasteiger partial charge >= 0.3 is 5.97 Å². The second-order valence-corrected chi connectivity index (χ2v) is 6.57. The van der Waals surface area contributed by atoms with Crippen molar-refractivity contribution in [1.29, 1.82) is 0 Å². The van der Waals surface area contributed by atoms with Crippen LogP contribution in [-0.2, 0) is 6.54 Å². The molecule has 0 aliphatic heterocycles. The molecular formula is C22H18N4O3. The van der Waals surface area contributed by atoms with Crippen molar-refractivity contribution in [2.45, 2.75) is 6.54 Å². The summed E-state index contributed by atoms with van der Waals surface area (Å²) < 4.78 is 1.47. The van der Waals surface area contributed by atoms with E-state index in [0.29, 0.717) is 27.8 Å². The van der Waals surface area contributed by atoms with E-state index in [1.54, 1.807) is 66.7 Å². The second kappa shape index (κ2) is 7.47. The number of aromatic carboxylic acids is 1. The first-order valence-electron chi connectivity index (χ1n) is 8.96. The Hall–Kier alpha value is -4.13. The van der Waals surface area contributed by atoms with Gasteiger partial charge in [-0.2, -0.15) is 5.10 Å². The minimum Gasteiger partial charge on any atom is -0.477 e. The third kappa shape index (κ3) is 3.66. The van der Waals surface area contributed by atoms with Crippen LogP contribution in [0, 0.1) is 0 Å². The minimum atomic E-state index is -1.03. The number of nitrogens with one attached hydrogen (secondary N) is 1. The van der Waals surface area contributed by atoms with Crippen LogP contribution in [0.4, 0.5) is 11.4 Å². The third-order valence-corrected chi connectivity index (χ3v) is 4.61. The minimum absolute atomic E-state index is 0.141. The van der Waals surface area contributed by atoms with E-state index in [1.165, 1.54) is 4.68 Å². The fourth-order valence-electron chi connectivity index (χ4n) is 3.16. The zero-order valence-corrected chi connectivity index (χ0v) is 15.4. The van der Waals surface area contributed by atoms with Crippen molar-refractivity contribution in [2.24, 2.45) is 0 Å². The van der Waals surface area contributed by atoms with E-state index in [2.05, 4.69) is 10.4 Å². The van der Waals surface area contributed by atoms with E-state index in [-0.39, 0.29) is 18.1 Å². The Bertz CT molecular complexity index is 1210. The molecule has 1 aromatic heterocycles. The Balaban J connectivity index is 1.55. The molecule has 0 unspecified atom stereocenters. The number of aromatic nitrogens is 2. The number of rotatable bonds is 5. The summed E-state index contributed by atoms with van der Waals surface area (Å²) in [6, 6.07) is 21.1. The molecule has 4 N–H and O–H groups in total. The molecule has 144 valence electrons. The number of carboxylic acids is 1. The molecule has 29 heavy (non-hydrogen) atoms. The number of fused-ring (bicyclic) bond motifs is 1. The monoisotopic (exact) mass is 386 g/mol. The maximum absolute atomic E-state index is 12.4. The zero-order valence-electron chi connectivity index (χ0n) is 15.4. The molecule has 0 fully saturated rings. The quantitative estimate of drug-likeness (QED) is 0.454. The van der Waals surface area contributed by atoms with Gasteiger partial charge in [0.15, 0.2) is 5.69 Å². The van der Waals surface area contributed by atoms with E-state index in [9.17, 15) is 14.7 Å². The maximum atomic E-state index is 12.4. The molecule has 1 amide bonds. The first-order chi connectivity index (χ1) is 14.0. The summed E-state index contributed by atoms with van der Waals surface area (Å²) in [6.45, 7) is 0.282. The fourth-order valence-corrected chi connectivity index (χ4v) is 3.16. The topological polar surface area (TPSA) is 110 Å². The molecule has 4 rings (SSSR count). The van der Waals surface area contributed by atoms with Crippen LogP contribution in [0.2, 0.25) is 0 Å². The normalized spacial score (nSPS) is 10.8. The van der Waals surface area contributed by atoms with Crippen LogP contribution in [0.15, 0.2) is 72.8 Å². The van der Waals surface area contributed by atoms with Gasteiger partial charge in [-0.1, -0.05) is 42.5 Å². The molecule has 1 heterocycles. The van der Waals surface area contributed by atoms with Gasteiger partial charge in [-0.15, -0.1) is 0 Å². The van der Waals surface area contributed by atoms with Crippen molar-refractivity contribution in [3.63, 3.8) is 0 Å². The van der Waals surface area contributed by atoms with Gasteiger partial charge in [-0.25, -0.2) is 4.79 Å². The highest BCUT2D eigenvalue weighted by molar-refractivity contribution is 6.05. The maximum Gasteiger partial charge on any atom is 0.354 e. The van der Waals surface area contributed by atoms with Gasteiger partial charge in [0.25, 0.3) is 5.91 Å². The highest BCUT2D eigenvalue weighted by Crippen LogP contribution is 2.20. The molecule has 7 nitrogen and oxygen atoms in total. The van der Waals surface area contributed by atoms with Gasteiger partial charge in [0.1, 0.15) is 0 Å². The number of nitrogens with two attached hydrogens (primary N) is 1. The number of benzene rings is 3. The number of nitrogen functional groups attached to an aromatic ring is 1. The van der Waals surface area contributed by atoms with Crippen LogP contribution in [0.3, 0.4) is 0 Å². The van der Waals surface area contributed by atoms with Gasteiger partial charge in [0.2, 0.25) is 0 Å². The molecule has 0 atom stereocenters. The van der Waals surface area contributed by atoms with E-state index in [4.69, 9.17) is 5.73 Å². The van der Waals surface area contributed by atoms with Crippen molar-refractivity contribution in [3.05, 3.63) is 89.6 Å². The lowest BCUT2D eigenvalue weighted by molar-refractivity contribution is 0.0686. The molecular weight excluding hydrogens is 368 g/mol. The molecule has 7 heteroatoms. The van der Waals surface area contributed by atoms with E-state index < -0.39 is 5.97 Å². The average molecular weight is 386 g/mol. The number of carbonyl (C=O) groups excluding carboxylic acids is 1. The first kappa shape index (κ1) is 18.2. The largest absolute Gasteiger partial charge is 0.477 e. The number of amides is 1. The molecule has 0 aliphatic rings. The molecule has 0 saturated heterocycles. The summed E-state index contributed by atoms with van der Waals surface area (Å²) in [5.41, 5.74) is 8.97. The van der Waals surface area contributed by atoms with Gasteiger partial charge < -0.3 is 16.2 Å². The van der Waals surface area contributed by atoms with E-state index in [0.717, 1.165) is 5.56 Å². The lowest BCUT2D eigenvalue weighted by atomic mass is 10.1. The number of carbonyl (C=O) groups is 2. The highest BCUT2D eigenvalue weighted by Gasteiger charge is 2.17. The van der Waals surface area contributed by atoms with Crippen LogP contribution in [0.1, 0.15) is 26.4 Å². The van der Waals surface area contributed by atoms with Crippen LogP contribution >= 0.6 is 0 Å². The second-order valence-electron chi connectivity index (χ2n) is 6.57. The van der Waals surface area contributed by atoms with Crippen molar-refractivity contribution in [3.8, 4) is 0 Å². The van der Waals surface area contributed by atoms with Crippen LogP contribution in [0.25, 0.3) is 10.9 Å². The highest BCUT2D eigenvalue weighted by atomic mass is 16.4. The Morgan fingerprint density at radius 3 is 2.38 bits per heavy atom. The van der Waals surface area contributed by atoms with Crippen molar-refractivity contribution >= 4 is 34.2 Å². The Morgan fingerprint density at radius 2 is 1.66 bits per heavy atom. The summed E-state index contributed by atoms with van der Waals surface area (Å²) in [6.07, 6.45) is 0. The SMILES string of the molecule is Nc1ccccc1NC(=O)c1ccc(Cn2nc3ccccc3c2C(=O)O)cc1. The smallest absolute Gasteiger partial charge is 0.354 e. The Morgan fingerprint density at radius 1 is 0.966 bits per heavy atom. The van der Waals surface area contributed by atoms with E-state index >= 15 is 0 Å². The third-order valence-electron chi connectivity index (χ3n) is 4.61. The van der Waals surface area contributed by atoms with Crippen molar-refractivity contribution < 1.29 is 14.7 Å². The Kier molecular flexibility index (Phi) is 4.70. The van der Waals surface area contributed by atoms with Crippen LogP contribution < -0.4 is 11.1 Å². The number of hydrogen-bond acceptors (Lipinski definition) is 4. The van der Waals surface area contributed by atoms with Crippen molar-refractivity contribution in [2.75, 3.05) is 11.1 Å². The lowest BCUT2D eigenvalue weighted by Gasteiger charge is -2.09. The molecule has 3 aromatic carbocycles. The fraction of sp³-hybridized carbons (Fsp3) is 0.0455. The molecule has 0 spiro atoms. The van der Waals surface area contributed by atoms with Gasteiger partial charge in [-0.05, 0) is 35.9 Å². The predicted octanol–water partition coefficient (Wildman–Crippen LogP) is 3.62. The Labute approximate surface area is 166 Å². The standard InChI is InChI=1S/C22H18N4O3/c23-17-6-2-4-8-19(17)24-21(27)15-11-9-14(10-12-15)13-26-20(22(28)29)16-5-1-3-7-18(16)25-26/h1-12H,13,23H2,(H,24,27)(H,28,29). The van der Waals surface area contributed by atoms with Crippen LogP contribution in [-0.4, -0.2) is 26.8 Å².